The highest BCUT2D eigenvalue weighted by atomic mass is 16.3. The number of aliphatic hydroxyl groups excluding tert-OH is 1. The predicted molar refractivity (Wildman–Crippen MR) is 60.0 cm³/mol. The van der Waals surface area contributed by atoms with E-state index in [1.807, 2.05) is 30.3 Å². The number of aromatic nitrogens is 1. The van der Waals surface area contributed by atoms with Gasteiger partial charge in [-0.25, -0.2) is 4.98 Å². The van der Waals surface area contributed by atoms with Crippen molar-refractivity contribution in [3.8, 4) is 11.1 Å². The number of hydrogen-bond donors (Lipinski definition) is 2. The lowest BCUT2D eigenvalue weighted by Crippen LogP contribution is -1.89. The maximum atomic E-state index is 8.91. The zero-order valence-corrected chi connectivity index (χ0v) is 8.22. The van der Waals surface area contributed by atoms with E-state index in [-0.39, 0.29) is 6.61 Å². The number of aliphatic hydroxyl groups is 1. The molecule has 0 fully saturated rings. The lowest BCUT2D eigenvalue weighted by Gasteiger charge is -2.02. The van der Waals surface area contributed by atoms with Crippen LogP contribution in [-0.4, -0.2) is 10.1 Å². The molecule has 76 valence electrons. The van der Waals surface area contributed by atoms with Gasteiger partial charge in [0, 0.05) is 11.8 Å². The van der Waals surface area contributed by atoms with Crippen LogP contribution in [0.4, 0.5) is 5.82 Å². The van der Waals surface area contributed by atoms with Gasteiger partial charge in [-0.3, -0.25) is 0 Å². The highest BCUT2D eigenvalue weighted by molar-refractivity contribution is 5.63. The second-order valence-electron chi connectivity index (χ2n) is 3.33. The van der Waals surface area contributed by atoms with Crippen molar-refractivity contribution in [2.75, 3.05) is 5.73 Å². The van der Waals surface area contributed by atoms with E-state index in [1.54, 1.807) is 12.3 Å². The van der Waals surface area contributed by atoms with Crippen LogP contribution in [0.3, 0.4) is 0 Å². The van der Waals surface area contributed by atoms with E-state index in [9.17, 15) is 0 Å². The molecule has 0 saturated heterocycles. The first-order valence-corrected chi connectivity index (χ1v) is 4.71. The monoisotopic (exact) mass is 200 g/mol. The van der Waals surface area contributed by atoms with Gasteiger partial charge in [0.15, 0.2) is 0 Å². The summed E-state index contributed by atoms with van der Waals surface area (Å²) < 4.78 is 0. The molecule has 15 heavy (non-hydrogen) atoms. The summed E-state index contributed by atoms with van der Waals surface area (Å²) in [7, 11) is 0. The molecule has 0 aliphatic carbocycles. The summed E-state index contributed by atoms with van der Waals surface area (Å²) in [4.78, 5) is 4.03. The van der Waals surface area contributed by atoms with Crippen LogP contribution in [0.2, 0.25) is 0 Å². The number of hydrogen-bond acceptors (Lipinski definition) is 3. The topological polar surface area (TPSA) is 59.1 Å². The predicted octanol–water partition coefficient (Wildman–Crippen LogP) is 1.82. The summed E-state index contributed by atoms with van der Waals surface area (Å²) in [5, 5.41) is 8.91. The highest BCUT2D eigenvalue weighted by Crippen LogP contribution is 2.19. The molecule has 1 aromatic carbocycles. The Hall–Kier alpha value is -1.87. The smallest absolute Gasteiger partial charge is 0.123 e. The van der Waals surface area contributed by atoms with Crippen molar-refractivity contribution in [2.45, 2.75) is 6.61 Å². The first-order valence-electron chi connectivity index (χ1n) is 4.71. The number of rotatable bonds is 2. The minimum Gasteiger partial charge on any atom is -0.392 e. The number of nitrogens with zero attached hydrogens (tertiary/aromatic N) is 1. The van der Waals surface area contributed by atoms with Gasteiger partial charge in [0.2, 0.25) is 0 Å². The van der Waals surface area contributed by atoms with E-state index in [0.717, 1.165) is 16.7 Å². The van der Waals surface area contributed by atoms with Crippen LogP contribution in [-0.2, 0) is 6.61 Å². The third-order valence-electron chi connectivity index (χ3n) is 2.26. The quantitative estimate of drug-likeness (QED) is 0.777. The van der Waals surface area contributed by atoms with E-state index < -0.39 is 0 Å². The van der Waals surface area contributed by atoms with Gasteiger partial charge in [0.25, 0.3) is 0 Å². The minimum atomic E-state index is 0.0697. The van der Waals surface area contributed by atoms with Crippen molar-refractivity contribution in [3.05, 3.63) is 48.2 Å². The summed E-state index contributed by atoms with van der Waals surface area (Å²) in [6.07, 6.45) is 1.74. The summed E-state index contributed by atoms with van der Waals surface area (Å²) in [6, 6.07) is 11.4. The Morgan fingerprint density at radius 3 is 2.20 bits per heavy atom. The number of nitrogens with two attached hydrogens (primary N) is 1. The number of benzene rings is 1. The van der Waals surface area contributed by atoms with Crippen LogP contribution in [0.25, 0.3) is 11.1 Å². The Kier molecular flexibility index (Phi) is 2.65. The largest absolute Gasteiger partial charge is 0.392 e. The molecule has 2 aromatic rings. The molecule has 0 spiro atoms. The summed E-state index contributed by atoms with van der Waals surface area (Å²) >= 11 is 0. The van der Waals surface area contributed by atoms with Gasteiger partial charge >= 0.3 is 0 Å². The first-order chi connectivity index (χ1) is 7.29. The molecule has 3 nitrogen and oxygen atoms in total. The van der Waals surface area contributed by atoms with Crippen LogP contribution in [0, 0.1) is 0 Å². The Balaban J connectivity index is 2.33. The third-order valence-corrected chi connectivity index (χ3v) is 2.26. The molecule has 0 unspecified atom stereocenters. The molecule has 0 aliphatic heterocycles. The second kappa shape index (κ2) is 4.11. The highest BCUT2D eigenvalue weighted by Gasteiger charge is 1.97. The molecule has 1 aromatic heterocycles. The van der Waals surface area contributed by atoms with Crippen LogP contribution >= 0.6 is 0 Å². The molecule has 3 heteroatoms. The van der Waals surface area contributed by atoms with E-state index in [0.29, 0.717) is 5.82 Å². The Morgan fingerprint density at radius 2 is 1.67 bits per heavy atom. The SMILES string of the molecule is Nc1ccc(-c2ccc(CO)cc2)cn1. The van der Waals surface area contributed by atoms with Crippen LogP contribution in [0.1, 0.15) is 5.56 Å². The van der Waals surface area contributed by atoms with E-state index in [4.69, 9.17) is 10.8 Å². The molecule has 1 heterocycles. The van der Waals surface area contributed by atoms with Gasteiger partial charge in [-0.1, -0.05) is 24.3 Å². The zero-order valence-electron chi connectivity index (χ0n) is 8.22. The lowest BCUT2D eigenvalue weighted by atomic mass is 10.1. The van der Waals surface area contributed by atoms with Crippen LogP contribution in [0.5, 0.6) is 0 Å². The fraction of sp³-hybridized carbons (Fsp3) is 0.0833. The van der Waals surface area contributed by atoms with Crippen molar-refractivity contribution < 1.29 is 5.11 Å². The lowest BCUT2D eigenvalue weighted by molar-refractivity contribution is 0.282. The molecule has 0 radical (unpaired) electrons. The van der Waals surface area contributed by atoms with Crippen molar-refractivity contribution in [3.63, 3.8) is 0 Å². The normalized spacial score (nSPS) is 10.2. The van der Waals surface area contributed by atoms with Gasteiger partial charge in [-0.05, 0) is 23.3 Å². The molecule has 0 atom stereocenters. The van der Waals surface area contributed by atoms with Crippen molar-refractivity contribution in [2.24, 2.45) is 0 Å². The summed E-state index contributed by atoms with van der Waals surface area (Å²) in [5.74, 6) is 0.519. The van der Waals surface area contributed by atoms with Crippen LogP contribution in [0.15, 0.2) is 42.6 Å². The zero-order chi connectivity index (χ0) is 10.7. The van der Waals surface area contributed by atoms with E-state index in [1.165, 1.54) is 0 Å². The molecular formula is C12H12N2O. The van der Waals surface area contributed by atoms with Gasteiger partial charge in [0.05, 0.1) is 6.61 Å². The fourth-order valence-corrected chi connectivity index (χ4v) is 1.38. The third kappa shape index (κ3) is 2.14. The average Bonchev–Trinajstić information content (AvgIpc) is 2.30. The van der Waals surface area contributed by atoms with Crippen molar-refractivity contribution >= 4 is 5.82 Å². The van der Waals surface area contributed by atoms with Crippen LogP contribution < -0.4 is 5.73 Å². The van der Waals surface area contributed by atoms with Crippen molar-refractivity contribution in [1.82, 2.24) is 4.98 Å². The molecule has 0 amide bonds. The molecule has 0 saturated carbocycles. The number of pyridine rings is 1. The molecule has 3 N–H and O–H groups in total. The summed E-state index contributed by atoms with van der Waals surface area (Å²) in [5.41, 5.74) is 8.50. The maximum Gasteiger partial charge on any atom is 0.123 e. The Labute approximate surface area is 88.2 Å². The Morgan fingerprint density at radius 1 is 1.00 bits per heavy atom. The fourth-order valence-electron chi connectivity index (χ4n) is 1.38. The average molecular weight is 200 g/mol. The molecule has 0 aliphatic rings. The van der Waals surface area contributed by atoms with Gasteiger partial charge in [0.1, 0.15) is 5.82 Å². The maximum absolute atomic E-state index is 8.91. The molecule has 2 rings (SSSR count). The van der Waals surface area contributed by atoms with Gasteiger partial charge < -0.3 is 10.8 Å². The standard InChI is InChI=1S/C12H12N2O/c13-12-6-5-11(7-14-12)10-3-1-9(8-15)2-4-10/h1-7,15H,8H2,(H2,13,14). The first kappa shape index (κ1) is 9.68. The summed E-state index contributed by atoms with van der Waals surface area (Å²) in [6.45, 7) is 0.0697. The number of nitrogen functional groups attached to an aromatic ring is 1. The Bertz CT molecular complexity index is 434. The number of anilines is 1. The molecule has 0 bridgehead atoms. The molecular weight excluding hydrogens is 188 g/mol. The van der Waals surface area contributed by atoms with Crippen molar-refractivity contribution in [1.29, 1.82) is 0 Å². The van der Waals surface area contributed by atoms with Gasteiger partial charge in [-0.2, -0.15) is 0 Å². The minimum absolute atomic E-state index is 0.0697. The second-order valence-corrected chi connectivity index (χ2v) is 3.33. The van der Waals surface area contributed by atoms with Gasteiger partial charge in [-0.15, -0.1) is 0 Å². The van der Waals surface area contributed by atoms with E-state index in [2.05, 4.69) is 4.98 Å². The van der Waals surface area contributed by atoms with E-state index >= 15 is 0 Å².